The van der Waals surface area contributed by atoms with E-state index in [0.717, 1.165) is 0 Å². The minimum atomic E-state index is -0.124. The summed E-state index contributed by atoms with van der Waals surface area (Å²) >= 11 is 3.85. The Morgan fingerprint density at radius 1 is 0.343 bits per heavy atom. The van der Waals surface area contributed by atoms with E-state index in [9.17, 15) is 0 Å². The molecule has 2 aliphatic rings. The van der Waals surface area contributed by atoms with Gasteiger partial charge in [-0.25, -0.2) is 0 Å². The first-order valence-corrected chi connectivity index (χ1v) is 26.1. The molecule has 2 aliphatic carbocycles. The van der Waals surface area contributed by atoms with Crippen LogP contribution in [0.2, 0.25) is 0 Å². The lowest BCUT2D eigenvalue weighted by Crippen LogP contribution is -2.15. The van der Waals surface area contributed by atoms with Crippen molar-refractivity contribution in [2.45, 2.75) is 38.5 Å². The molecule has 0 unspecified atom stereocenters. The highest BCUT2D eigenvalue weighted by molar-refractivity contribution is 7.27. The molecule has 10 aromatic carbocycles. The zero-order valence-corrected chi connectivity index (χ0v) is 40.8. The van der Waals surface area contributed by atoms with Gasteiger partial charge in [-0.1, -0.05) is 173 Å². The number of nitrogens with zero attached hydrogens (tertiary/aromatic N) is 2. The van der Waals surface area contributed by atoms with Crippen LogP contribution in [-0.2, 0) is 10.8 Å². The number of thiophene rings is 2. The summed E-state index contributed by atoms with van der Waals surface area (Å²) in [5.41, 5.74) is 19.4. The highest BCUT2D eigenvalue weighted by Gasteiger charge is 2.37. The van der Waals surface area contributed by atoms with E-state index in [4.69, 9.17) is 0 Å². The minimum absolute atomic E-state index is 0.0775. The number of hydrogen-bond donors (Lipinski definition) is 0. The summed E-state index contributed by atoms with van der Waals surface area (Å²) in [7, 11) is 0. The van der Waals surface area contributed by atoms with Gasteiger partial charge >= 0.3 is 0 Å². The van der Waals surface area contributed by atoms with Crippen LogP contribution in [0.15, 0.2) is 194 Å². The fourth-order valence-corrected chi connectivity index (χ4v) is 15.8. The summed E-state index contributed by atoms with van der Waals surface area (Å²) in [5.74, 6) is 0. The number of aromatic nitrogens is 2. The molecule has 0 saturated heterocycles. The van der Waals surface area contributed by atoms with Gasteiger partial charge in [0.25, 0.3) is 0 Å². The van der Waals surface area contributed by atoms with Crippen molar-refractivity contribution in [3.63, 3.8) is 0 Å². The summed E-state index contributed by atoms with van der Waals surface area (Å²) in [6, 6.07) is 73.8. The van der Waals surface area contributed by atoms with Crippen molar-refractivity contribution in [2.75, 3.05) is 0 Å². The van der Waals surface area contributed by atoms with Gasteiger partial charge in [0.2, 0.25) is 0 Å². The number of fused-ring (bicyclic) bond motifs is 21. The van der Waals surface area contributed by atoms with E-state index in [1.54, 1.807) is 0 Å². The van der Waals surface area contributed by atoms with E-state index in [1.807, 2.05) is 22.7 Å². The maximum absolute atomic E-state index is 2.61. The van der Waals surface area contributed by atoms with Gasteiger partial charge in [0.1, 0.15) is 4.83 Å². The van der Waals surface area contributed by atoms with Crippen molar-refractivity contribution in [1.82, 2.24) is 9.13 Å². The molecule has 2 nitrogen and oxygen atoms in total. The van der Waals surface area contributed by atoms with Crippen LogP contribution >= 0.6 is 22.7 Å². The number of benzene rings is 10. The third-order valence-corrected chi connectivity index (χ3v) is 18.8. The Labute approximate surface area is 412 Å². The first kappa shape index (κ1) is 39.1. The summed E-state index contributed by atoms with van der Waals surface area (Å²) in [6.07, 6.45) is 0. The lowest BCUT2D eigenvalue weighted by molar-refractivity contribution is 0.660. The van der Waals surface area contributed by atoms with Crippen LogP contribution < -0.4 is 0 Å². The molecule has 0 N–H and O–H groups in total. The molecule has 0 spiro atoms. The van der Waals surface area contributed by atoms with E-state index in [1.165, 1.54) is 151 Å². The van der Waals surface area contributed by atoms with Gasteiger partial charge in [0.15, 0.2) is 0 Å². The maximum Gasteiger partial charge on any atom is 0.109 e. The zero-order valence-electron chi connectivity index (χ0n) is 39.2. The predicted octanol–water partition coefficient (Wildman–Crippen LogP) is 18.9. The molecule has 70 heavy (non-hydrogen) atoms. The topological polar surface area (TPSA) is 9.86 Å². The van der Waals surface area contributed by atoms with Crippen molar-refractivity contribution in [2.24, 2.45) is 0 Å². The molecule has 4 heteroatoms. The monoisotopic (exact) mass is 928 g/mol. The molecule has 0 atom stereocenters. The van der Waals surface area contributed by atoms with E-state index in [2.05, 4.69) is 231 Å². The lowest BCUT2D eigenvalue weighted by Gasteiger charge is -2.22. The van der Waals surface area contributed by atoms with Crippen molar-refractivity contribution < 1.29 is 0 Å². The molecular formula is C66H44N2S2. The molecule has 330 valence electrons. The molecule has 0 amide bonds. The van der Waals surface area contributed by atoms with Crippen molar-refractivity contribution in [3.8, 4) is 44.8 Å². The third kappa shape index (κ3) is 4.92. The highest BCUT2D eigenvalue weighted by Crippen LogP contribution is 2.54. The van der Waals surface area contributed by atoms with Gasteiger partial charge in [-0.2, -0.15) is 0 Å². The van der Waals surface area contributed by atoms with Crippen molar-refractivity contribution in [3.05, 3.63) is 216 Å². The molecular weight excluding hydrogens is 885 g/mol. The summed E-state index contributed by atoms with van der Waals surface area (Å²) in [4.78, 5) is 1.29. The molecule has 14 aromatic rings. The predicted molar refractivity (Wildman–Crippen MR) is 301 cm³/mol. The maximum atomic E-state index is 2.61. The summed E-state index contributed by atoms with van der Waals surface area (Å²) in [6.45, 7) is 9.54. The van der Waals surface area contributed by atoms with E-state index in [0.29, 0.717) is 0 Å². The van der Waals surface area contributed by atoms with Gasteiger partial charge < -0.3 is 9.13 Å². The number of hydrogen-bond acceptors (Lipinski definition) is 2. The summed E-state index contributed by atoms with van der Waals surface area (Å²) < 4.78 is 9.10. The quantitative estimate of drug-likeness (QED) is 0.167. The van der Waals surface area contributed by atoms with Gasteiger partial charge in [0, 0.05) is 69.3 Å². The fraction of sp³-hybridized carbons (Fsp3) is 0.0909. The molecule has 4 heterocycles. The smallest absolute Gasteiger partial charge is 0.109 e. The van der Waals surface area contributed by atoms with Crippen molar-refractivity contribution >= 4 is 107 Å². The third-order valence-electron chi connectivity index (χ3n) is 16.5. The van der Waals surface area contributed by atoms with E-state index in [-0.39, 0.29) is 10.8 Å². The SMILES string of the molecule is CC1(C)c2ccccc2-c2ccc(-n3c4ccccc4c4c5ccc(-c6ccc7c8c9ccccc9c9c%10ccccc%10sc9c8n(-c8ccc9c(c8)C(C)(C)c8ccccc8-9)c7c6)cc5sc43)cc21. The minimum Gasteiger partial charge on any atom is -0.308 e. The average Bonchev–Trinajstić information content (AvgIpc) is 4.22. The van der Waals surface area contributed by atoms with Crippen LogP contribution in [-0.4, -0.2) is 9.13 Å². The molecule has 0 bridgehead atoms. The van der Waals surface area contributed by atoms with Gasteiger partial charge in [-0.05, 0) is 115 Å². The second kappa shape index (κ2) is 13.5. The number of rotatable bonds is 3. The lowest BCUT2D eigenvalue weighted by atomic mass is 9.82. The largest absolute Gasteiger partial charge is 0.308 e. The Morgan fingerprint density at radius 2 is 0.857 bits per heavy atom. The number of para-hydroxylation sites is 1. The molecule has 0 aliphatic heterocycles. The molecule has 4 aromatic heterocycles. The Kier molecular flexibility index (Phi) is 7.55. The standard InChI is InChI=1S/C66H44N2S2/c1-65(2)51-21-11-7-15-41(51)43-31-27-39(35-53(43)65)67-56-33-37(25-29-48(56)59-45-17-5-6-18-46(45)60-49-20-10-14-24-57(49)69-63(60)62(59)67)38-26-30-50-58(34-38)70-64-61(50)47-19-9-13-23-55(47)68(64)40-28-32-44-42-16-8-12-22-52(42)66(3,4)54(44)36-40/h5-36H,1-4H3. The van der Waals surface area contributed by atoms with Gasteiger partial charge in [-0.3, -0.25) is 0 Å². The van der Waals surface area contributed by atoms with E-state index < -0.39 is 0 Å². The highest BCUT2D eigenvalue weighted by atomic mass is 32.1. The molecule has 16 rings (SSSR count). The normalized spacial score (nSPS) is 14.5. The first-order valence-electron chi connectivity index (χ1n) is 24.5. The Hall–Kier alpha value is -7.76. The van der Waals surface area contributed by atoms with Crippen LogP contribution in [0.5, 0.6) is 0 Å². The molecule has 0 fully saturated rings. The van der Waals surface area contributed by atoms with Crippen LogP contribution in [0.1, 0.15) is 49.9 Å². The first-order chi connectivity index (χ1) is 34.2. The van der Waals surface area contributed by atoms with Crippen LogP contribution in [0.3, 0.4) is 0 Å². The zero-order chi connectivity index (χ0) is 46.4. The summed E-state index contributed by atoms with van der Waals surface area (Å²) in [5, 5.41) is 11.8. The van der Waals surface area contributed by atoms with Crippen LogP contribution in [0.25, 0.3) is 129 Å². The van der Waals surface area contributed by atoms with Gasteiger partial charge in [-0.15, -0.1) is 22.7 Å². The Morgan fingerprint density at radius 3 is 1.56 bits per heavy atom. The molecule has 0 radical (unpaired) electrons. The second-order valence-corrected chi connectivity index (χ2v) is 22.9. The Bertz CT molecular complexity index is 4660. The fourth-order valence-electron chi connectivity index (χ4n) is 13.2. The average molecular weight is 929 g/mol. The van der Waals surface area contributed by atoms with E-state index >= 15 is 0 Å². The molecule has 0 saturated carbocycles. The van der Waals surface area contributed by atoms with Crippen molar-refractivity contribution in [1.29, 1.82) is 0 Å². The Balaban J connectivity index is 0.932. The van der Waals surface area contributed by atoms with Crippen LogP contribution in [0.4, 0.5) is 0 Å². The second-order valence-electron chi connectivity index (χ2n) is 20.8. The van der Waals surface area contributed by atoms with Gasteiger partial charge in [0.05, 0.1) is 21.3 Å². The van der Waals surface area contributed by atoms with Crippen LogP contribution in [0, 0.1) is 0 Å².